The first-order valence-electron chi connectivity index (χ1n) is 4.10. The molecular weight excluding hydrogens is 286 g/mol. The van der Waals surface area contributed by atoms with Crippen LogP contribution in [0.15, 0.2) is 23.6 Å². The molecule has 2 heterocycles. The zero-order valence-corrected chi connectivity index (χ0v) is 11.1. The number of nitrogens with zero attached hydrogens (tertiary/aromatic N) is 4. The van der Waals surface area contributed by atoms with E-state index in [0.29, 0.717) is 24.0 Å². The molecular formula is C8H13Cl3N6. The Kier molecular flexibility index (Phi) is 8.47. The molecule has 1 aromatic rings. The van der Waals surface area contributed by atoms with Gasteiger partial charge in [-0.05, 0) is 0 Å². The van der Waals surface area contributed by atoms with E-state index in [1.165, 1.54) is 6.20 Å². The van der Waals surface area contributed by atoms with Crippen LogP contribution in [0.2, 0.25) is 0 Å². The van der Waals surface area contributed by atoms with Crippen LogP contribution in [0.5, 0.6) is 0 Å². The van der Waals surface area contributed by atoms with E-state index in [1.807, 2.05) is 4.90 Å². The van der Waals surface area contributed by atoms with E-state index in [9.17, 15) is 0 Å². The summed E-state index contributed by atoms with van der Waals surface area (Å²) in [7, 11) is 0. The maximum absolute atomic E-state index is 5.67. The number of nitrogens with two attached hydrogens (primary N) is 2. The van der Waals surface area contributed by atoms with Crippen LogP contribution in [0, 0.1) is 0 Å². The summed E-state index contributed by atoms with van der Waals surface area (Å²) in [6.45, 7) is 0.624. The molecule has 0 aliphatic carbocycles. The third kappa shape index (κ3) is 4.26. The van der Waals surface area contributed by atoms with Gasteiger partial charge in [0.05, 0.1) is 12.7 Å². The van der Waals surface area contributed by atoms with Gasteiger partial charge < -0.3 is 16.4 Å². The highest BCUT2D eigenvalue weighted by atomic mass is 35.5. The fourth-order valence-corrected chi connectivity index (χ4v) is 1.15. The molecule has 0 bridgehead atoms. The van der Waals surface area contributed by atoms with Crippen LogP contribution in [0.1, 0.15) is 0 Å². The van der Waals surface area contributed by atoms with Crippen molar-refractivity contribution < 1.29 is 0 Å². The summed E-state index contributed by atoms with van der Waals surface area (Å²) in [4.78, 5) is 13.8. The summed E-state index contributed by atoms with van der Waals surface area (Å²) in [5, 5.41) is 0. The van der Waals surface area contributed by atoms with Crippen molar-refractivity contribution in [3.8, 4) is 0 Å². The summed E-state index contributed by atoms with van der Waals surface area (Å²) < 4.78 is 0. The number of nitrogen functional groups attached to an aromatic ring is 2. The first-order valence-corrected chi connectivity index (χ1v) is 4.10. The largest absolute Gasteiger partial charge is 0.382 e. The zero-order chi connectivity index (χ0) is 9.97. The van der Waals surface area contributed by atoms with Gasteiger partial charge in [-0.3, -0.25) is 4.99 Å². The number of aliphatic imine (C=N–C) groups is 1. The van der Waals surface area contributed by atoms with Crippen molar-refractivity contribution in [1.82, 2.24) is 9.97 Å². The molecule has 6 nitrogen and oxygen atoms in total. The normalized spacial score (nSPS) is 12.1. The molecule has 1 aliphatic heterocycles. The smallest absolute Gasteiger partial charge is 0.178 e. The molecule has 0 unspecified atom stereocenters. The van der Waals surface area contributed by atoms with Gasteiger partial charge in [-0.1, -0.05) is 0 Å². The Labute approximate surface area is 117 Å². The summed E-state index contributed by atoms with van der Waals surface area (Å²) in [6, 6.07) is 0. The Morgan fingerprint density at radius 3 is 2.47 bits per heavy atom. The lowest BCUT2D eigenvalue weighted by Gasteiger charge is -2.19. The highest BCUT2D eigenvalue weighted by Crippen LogP contribution is 2.19. The molecule has 0 spiro atoms. The lowest BCUT2D eigenvalue weighted by atomic mass is 10.4. The van der Waals surface area contributed by atoms with Gasteiger partial charge in [0.25, 0.3) is 0 Å². The van der Waals surface area contributed by atoms with Crippen LogP contribution in [0.4, 0.5) is 17.5 Å². The number of halogens is 3. The molecule has 0 saturated carbocycles. The van der Waals surface area contributed by atoms with Gasteiger partial charge in [-0.25, -0.2) is 9.97 Å². The van der Waals surface area contributed by atoms with E-state index < -0.39 is 0 Å². The minimum atomic E-state index is 0. The molecule has 0 amide bonds. The summed E-state index contributed by atoms with van der Waals surface area (Å²) in [5.74, 6) is 1.27. The molecule has 1 aromatic heterocycles. The number of aromatic nitrogens is 2. The van der Waals surface area contributed by atoms with Crippen LogP contribution in [-0.2, 0) is 0 Å². The second kappa shape index (κ2) is 7.94. The fourth-order valence-electron chi connectivity index (χ4n) is 1.15. The molecule has 0 fully saturated rings. The van der Waals surface area contributed by atoms with Gasteiger partial charge in [0.15, 0.2) is 11.6 Å². The average molecular weight is 300 g/mol. The Balaban J connectivity index is 0. The second-order valence-electron chi connectivity index (χ2n) is 2.79. The minimum Gasteiger partial charge on any atom is -0.382 e. The molecule has 0 saturated heterocycles. The average Bonchev–Trinajstić information content (AvgIpc) is 2.23. The molecule has 17 heavy (non-hydrogen) atoms. The van der Waals surface area contributed by atoms with E-state index in [0.717, 1.165) is 0 Å². The van der Waals surface area contributed by atoms with Gasteiger partial charge in [0.2, 0.25) is 0 Å². The van der Waals surface area contributed by atoms with Crippen LogP contribution < -0.4 is 16.4 Å². The fraction of sp³-hybridized carbons (Fsp3) is 0.125. The van der Waals surface area contributed by atoms with Gasteiger partial charge >= 0.3 is 0 Å². The predicted octanol–water partition coefficient (Wildman–Crippen LogP) is 1.27. The number of hydrogen-bond acceptors (Lipinski definition) is 6. The Morgan fingerprint density at radius 2 is 1.88 bits per heavy atom. The minimum absolute atomic E-state index is 0. The molecule has 1 aliphatic rings. The quantitative estimate of drug-likeness (QED) is 0.814. The van der Waals surface area contributed by atoms with E-state index >= 15 is 0 Å². The second-order valence-corrected chi connectivity index (χ2v) is 2.79. The summed E-state index contributed by atoms with van der Waals surface area (Å²) in [6.07, 6.45) is 6.62. The van der Waals surface area contributed by atoms with E-state index in [-0.39, 0.29) is 37.2 Å². The maximum Gasteiger partial charge on any atom is 0.178 e. The molecule has 0 radical (unpaired) electrons. The molecule has 0 aromatic carbocycles. The lowest BCUT2D eigenvalue weighted by molar-refractivity contribution is 1.04. The van der Waals surface area contributed by atoms with Crippen LogP contribution in [-0.4, -0.2) is 22.7 Å². The molecule has 9 heteroatoms. The van der Waals surface area contributed by atoms with Crippen molar-refractivity contribution in [1.29, 1.82) is 0 Å². The van der Waals surface area contributed by atoms with Crippen molar-refractivity contribution in [2.24, 2.45) is 4.99 Å². The maximum atomic E-state index is 5.67. The van der Waals surface area contributed by atoms with Gasteiger partial charge in [-0.2, -0.15) is 0 Å². The van der Waals surface area contributed by atoms with Gasteiger partial charge in [0, 0.05) is 18.6 Å². The number of anilines is 3. The van der Waals surface area contributed by atoms with E-state index in [2.05, 4.69) is 15.0 Å². The molecule has 2 rings (SSSR count). The van der Waals surface area contributed by atoms with Crippen LogP contribution in [0.3, 0.4) is 0 Å². The Bertz CT molecular complexity index is 408. The zero-order valence-electron chi connectivity index (χ0n) is 8.68. The third-order valence-corrected chi connectivity index (χ3v) is 1.79. The van der Waals surface area contributed by atoms with Crippen LogP contribution in [0.25, 0.3) is 0 Å². The van der Waals surface area contributed by atoms with Crippen molar-refractivity contribution in [2.75, 3.05) is 22.9 Å². The van der Waals surface area contributed by atoms with Gasteiger partial charge in [-0.15, -0.1) is 37.2 Å². The van der Waals surface area contributed by atoms with Crippen molar-refractivity contribution in [2.45, 2.75) is 0 Å². The number of rotatable bonds is 1. The first kappa shape index (κ1) is 18.1. The highest BCUT2D eigenvalue weighted by molar-refractivity contribution is 5.86. The van der Waals surface area contributed by atoms with E-state index in [1.54, 1.807) is 18.6 Å². The summed E-state index contributed by atoms with van der Waals surface area (Å²) >= 11 is 0. The molecule has 4 N–H and O–H groups in total. The van der Waals surface area contributed by atoms with E-state index in [4.69, 9.17) is 11.5 Å². The first-order chi connectivity index (χ1) is 6.77. The van der Waals surface area contributed by atoms with Crippen LogP contribution >= 0.6 is 37.2 Å². The topological polar surface area (TPSA) is 93.4 Å². The standard InChI is InChI=1S/C8H10N6.3ClH/c9-6-5-12-7(10)8(13-6)14-3-1-11-2-4-14;;;/h1-3,5H,4H2,(H2,9,13)(H2,10,12);3*1H. The predicted molar refractivity (Wildman–Crippen MR) is 77.6 cm³/mol. The van der Waals surface area contributed by atoms with Gasteiger partial charge in [0.1, 0.15) is 5.82 Å². The SMILES string of the molecule is Cl.Cl.Cl.Nc1cnc(N)c(N2C=CN=CC2)n1. The molecule has 0 atom stereocenters. The number of hydrogen-bond donors (Lipinski definition) is 2. The third-order valence-electron chi connectivity index (χ3n) is 1.79. The van der Waals surface area contributed by atoms with Crippen molar-refractivity contribution in [3.63, 3.8) is 0 Å². The Morgan fingerprint density at radius 1 is 1.18 bits per heavy atom. The Hall–Kier alpha value is -1.24. The monoisotopic (exact) mass is 298 g/mol. The highest BCUT2D eigenvalue weighted by Gasteiger charge is 2.10. The lowest BCUT2D eigenvalue weighted by Crippen LogP contribution is -2.23. The summed E-state index contributed by atoms with van der Waals surface area (Å²) in [5.41, 5.74) is 11.2. The molecule has 96 valence electrons. The van der Waals surface area contributed by atoms with Crippen molar-refractivity contribution >= 4 is 60.9 Å². The van der Waals surface area contributed by atoms with Crippen molar-refractivity contribution in [3.05, 3.63) is 18.6 Å².